The molecule has 5 heteroatoms. The normalized spacial score (nSPS) is 14.8. The standard InChI is InChI=1S/C14H19BrN2S2/c1-9-4-5-18-14(9)13(10(2)16)17(3)7-12-6-11(15)8-19-12/h4-6,8,10,13H,7,16H2,1-3H3. The Bertz CT molecular complexity index is 533. The molecule has 2 unspecified atom stereocenters. The molecule has 0 saturated carbocycles. The molecule has 2 aromatic rings. The van der Waals surface area contributed by atoms with Crippen molar-refractivity contribution in [3.8, 4) is 0 Å². The van der Waals surface area contributed by atoms with E-state index in [2.05, 4.69) is 64.6 Å². The predicted molar refractivity (Wildman–Crippen MR) is 88.9 cm³/mol. The Morgan fingerprint density at radius 3 is 2.63 bits per heavy atom. The molecule has 0 radical (unpaired) electrons. The van der Waals surface area contributed by atoms with Gasteiger partial charge in [-0.05, 0) is 59.9 Å². The molecule has 0 aliphatic rings. The van der Waals surface area contributed by atoms with Crippen LogP contribution in [-0.4, -0.2) is 18.0 Å². The zero-order valence-electron chi connectivity index (χ0n) is 11.4. The van der Waals surface area contributed by atoms with Gasteiger partial charge in [-0.25, -0.2) is 0 Å². The fourth-order valence-electron chi connectivity index (χ4n) is 2.31. The van der Waals surface area contributed by atoms with Gasteiger partial charge in [0.25, 0.3) is 0 Å². The van der Waals surface area contributed by atoms with E-state index in [1.165, 1.54) is 15.3 Å². The van der Waals surface area contributed by atoms with Crippen molar-refractivity contribution in [2.75, 3.05) is 7.05 Å². The van der Waals surface area contributed by atoms with Crippen molar-refractivity contribution in [1.29, 1.82) is 0 Å². The van der Waals surface area contributed by atoms with Gasteiger partial charge in [0.2, 0.25) is 0 Å². The van der Waals surface area contributed by atoms with Gasteiger partial charge in [-0.2, -0.15) is 0 Å². The molecular formula is C14H19BrN2S2. The first-order chi connectivity index (χ1) is 8.99. The molecule has 2 nitrogen and oxygen atoms in total. The largest absolute Gasteiger partial charge is 0.326 e. The van der Waals surface area contributed by atoms with Crippen LogP contribution in [0.15, 0.2) is 27.4 Å². The van der Waals surface area contributed by atoms with Gasteiger partial charge in [0, 0.05) is 32.2 Å². The molecule has 2 N–H and O–H groups in total. The Labute approximate surface area is 131 Å². The number of hydrogen-bond donors (Lipinski definition) is 1. The molecule has 0 bridgehead atoms. The fourth-order valence-corrected chi connectivity index (χ4v) is 5.03. The molecule has 2 atom stereocenters. The number of likely N-dealkylation sites (N-methyl/N-ethyl adjacent to an activating group) is 1. The summed E-state index contributed by atoms with van der Waals surface area (Å²) >= 11 is 7.09. The second-order valence-corrected chi connectivity index (χ2v) is 7.78. The number of rotatable bonds is 5. The van der Waals surface area contributed by atoms with E-state index < -0.39 is 0 Å². The third-order valence-corrected chi connectivity index (χ3v) is 5.94. The van der Waals surface area contributed by atoms with Gasteiger partial charge in [-0.1, -0.05) is 0 Å². The lowest BCUT2D eigenvalue weighted by molar-refractivity contribution is 0.215. The third-order valence-electron chi connectivity index (χ3n) is 3.17. The van der Waals surface area contributed by atoms with Gasteiger partial charge < -0.3 is 5.73 Å². The maximum Gasteiger partial charge on any atom is 0.0594 e. The van der Waals surface area contributed by atoms with Crippen molar-refractivity contribution in [3.05, 3.63) is 42.7 Å². The smallest absolute Gasteiger partial charge is 0.0594 e. The molecule has 19 heavy (non-hydrogen) atoms. The minimum atomic E-state index is 0.116. The number of hydrogen-bond acceptors (Lipinski definition) is 4. The number of nitrogens with two attached hydrogens (primary N) is 1. The highest BCUT2D eigenvalue weighted by Gasteiger charge is 2.24. The average molecular weight is 359 g/mol. The monoisotopic (exact) mass is 358 g/mol. The molecule has 0 spiro atoms. The second kappa shape index (κ2) is 6.50. The number of halogens is 1. The Hall–Kier alpha value is -0.200. The van der Waals surface area contributed by atoms with Gasteiger partial charge in [0.05, 0.1) is 6.04 Å². The first kappa shape index (κ1) is 15.2. The minimum Gasteiger partial charge on any atom is -0.326 e. The van der Waals surface area contributed by atoms with Crippen LogP contribution in [0.1, 0.15) is 28.3 Å². The maximum atomic E-state index is 6.22. The van der Waals surface area contributed by atoms with E-state index in [9.17, 15) is 0 Å². The molecular weight excluding hydrogens is 340 g/mol. The summed E-state index contributed by atoms with van der Waals surface area (Å²) in [5.41, 5.74) is 7.56. The summed E-state index contributed by atoms with van der Waals surface area (Å²) < 4.78 is 1.16. The van der Waals surface area contributed by atoms with Crippen molar-refractivity contribution in [2.24, 2.45) is 5.73 Å². The Morgan fingerprint density at radius 1 is 1.42 bits per heavy atom. The van der Waals surface area contributed by atoms with Gasteiger partial charge >= 0.3 is 0 Å². The van der Waals surface area contributed by atoms with E-state index in [4.69, 9.17) is 5.73 Å². The Morgan fingerprint density at radius 2 is 2.16 bits per heavy atom. The molecule has 2 rings (SSSR count). The highest BCUT2D eigenvalue weighted by molar-refractivity contribution is 9.10. The van der Waals surface area contributed by atoms with Crippen molar-refractivity contribution < 1.29 is 0 Å². The van der Waals surface area contributed by atoms with Crippen LogP contribution < -0.4 is 5.73 Å². The Balaban J connectivity index is 2.18. The molecule has 0 fully saturated rings. The van der Waals surface area contributed by atoms with Gasteiger partial charge in [0.1, 0.15) is 0 Å². The van der Waals surface area contributed by atoms with Crippen LogP contribution in [0.4, 0.5) is 0 Å². The number of aryl methyl sites for hydroxylation is 1. The number of thiophene rings is 2. The summed E-state index contributed by atoms with van der Waals surface area (Å²) in [7, 11) is 2.15. The summed E-state index contributed by atoms with van der Waals surface area (Å²) in [5.74, 6) is 0. The second-order valence-electron chi connectivity index (χ2n) is 4.92. The predicted octanol–water partition coefficient (Wildman–Crippen LogP) is 4.40. The highest BCUT2D eigenvalue weighted by atomic mass is 79.9. The Kier molecular flexibility index (Phi) is 5.20. The van der Waals surface area contributed by atoms with E-state index in [1.54, 1.807) is 22.7 Å². The lowest BCUT2D eigenvalue weighted by Gasteiger charge is -2.30. The molecule has 2 heterocycles. The molecule has 2 aromatic heterocycles. The highest BCUT2D eigenvalue weighted by Crippen LogP contribution is 2.32. The SMILES string of the molecule is Cc1ccsc1C(C(C)N)N(C)Cc1cc(Br)cs1. The first-order valence-corrected chi connectivity index (χ1v) is 8.77. The zero-order valence-corrected chi connectivity index (χ0v) is 14.6. The van der Waals surface area contributed by atoms with E-state index in [0.717, 1.165) is 11.0 Å². The van der Waals surface area contributed by atoms with Crippen LogP contribution in [0, 0.1) is 6.92 Å². The fraction of sp³-hybridized carbons (Fsp3) is 0.429. The topological polar surface area (TPSA) is 29.3 Å². The maximum absolute atomic E-state index is 6.22. The van der Waals surface area contributed by atoms with E-state index in [0.29, 0.717) is 0 Å². The molecule has 0 amide bonds. The van der Waals surface area contributed by atoms with Crippen LogP contribution in [0.25, 0.3) is 0 Å². The molecule has 0 saturated heterocycles. The quantitative estimate of drug-likeness (QED) is 0.857. The van der Waals surface area contributed by atoms with Crippen LogP contribution in [0.2, 0.25) is 0 Å². The summed E-state index contributed by atoms with van der Waals surface area (Å²) in [6, 6.07) is 4.75. The van der Waals surface area contributed by atoms with E-state index in [1.807, 2.05) is 0 Å². The summed E-state index contributed by atoms with van der Waals surface area (Å²) in [5, 5.41) is 4.27. The van der Waals surface area contributed by atoms with E-state index >= 15 is 0 Å². The summed E-state index contributed by atoms with van der Waals surface area (Å²) in [6.07, 6.45) is 0. The van der Waals surface area contributed by atoms with Crippen LogP contribution in [0.5, 0.6) is 0 Å². The van der Waals surface area contributed by atoms with Crippen LogP contribution in [-0.2, 0) is 6.54 Å². The van der Waals surface area contributed by atoms with Crippen LogP contribution >= 0.6 is 38.6 Å². The van der Waals surface area contributed by atoms with E-state index in [-0.39, 0.29) is 12.1 Å². The minimum absolute atomic E-state index is 0.116. The number of nitrogens with zero attached hydrogens (tertiary/aromatic N) is 1. The zero-order chi connectivity index (χ0) is 14.0. The van der Waals surface area contributed by atoms with Crippen molar-refractivity contribution >= 4 is 38.6 Å². The average Bonchev–Trinajstić information content (AvgIpc) is 2.89. The van der Waals surface area contributed by atoms with Gasteiger partial charge in [-0.15, -0.1) is 22.7 Å². The molecule has 104 valence electrons. The first-order valence-electron chi connectivity index (χ1n) is 6.21. The van der Waals surface area contributed by atoms with Gasteiger partial charge in [0.15, 0.2) is 0 Å². The molecule has 0 aliphatic carbocycles. The molecule has 0 aliphatic heterocycles. The lowest BCUT2D eigenvalue weighted by atomic mass is 10.0. The van der Waals surface area contributed by atoms with Crippen molar-refractivity contribution in [2.45, 2.75) is 32.5 Å². The molecule has 0 aromatic carbocycles. The summed E-state index contributed by atoms with van der Waals surface area (Å²) in [6.45, 7) is 5.18. The van der Waals surface area contributed by atoms with Crippen molar-refractivity contribution in [3.63, 3.8) is 0 Å². The van der Waals surface area contributed by atoms with Crippen LogP contribution in [0.3, 0.4) is 0 Å². The third kappa shape index (κ3) is 3.67. The lowest BCUT2D eigenvalue weighted by Crippen LogP contribution is -2.36. The van der Waals surface area contributed by atoms with Crippen molar-refractivity contribution in [1.82, 2.24) is 4.90 Å². The van der Waals surface area contributed by atoms with Gasteiger partial charge in [-0.3, -0.25) is 4.90 Å². The summed E-state index contributed by atoms with van der Waals surface area (Å²) in [4.78, 5) is 5.09.